The molecule has 10 heteroatoms. The van der Waals surface area contributed by atoms with Crippen molar-refractivity contribution >= 4 is 23.6 Å². The van der Waals surface area contributed by atoms with Crippen molar-refractivity contribution in [1.82, 2.24) is 0 Å². The molecule has 33 heavy (non-hydrogen) atoms. The summed E-state index contributed by atoms with van der Waals surface area (Å²) in [6.07, 6.45) is 1.72. The fourth-order valence-electron chi connectivity index (χ4n) is 3.58. The van der Waals surface area contributed by atoms with Crippen molar-refractivity contribution in [2.45, 2.75) is 40.0 Å². The van der Waals surface area contributed by atoms with Crippen molar-refractivity contribution in [2.75, 3.05) is 27.0 Å². The van der Waals surface area contributed by atoms with Crippen LogP contribution in [0.5, 0.6) is 0 Å². The van der Waals surface area contributed by atoms with Crippen LogP contribution in [0.3, 0.4) is 0 Å². The average Bonchev–Trinajstić information content (AvgIpc) is 2.79. The first-order valence-corrected chi connectivity index (χ1v) is 10.6. The molecule has 0 bridgehead atoms. The average molecular weight is 461 g/mol. The van der Waals surface area contributed by atoms with Crippen LogP contribution in [0.2, 0.25) is 0 Å². The predicted molar refractivity (Wildman–Crippen MR) is 117 cm³/mol. The molecule has 178 valence electrons. The minimum Gasteiger partial charge on any atom is -0.462 e. The largest absolute Gasteiger partial charge is 0.462 e. The second-order valence-corrected chi connectivity index (χ2v) is 7.58. The lowest BCUT2D eigenvalue weighted by molar-refractivity contribution is -0.841. The minimum atomic E-state index is -0.962. The van der Waals surface area contributed by atoms with Crippen molar-refractivity contribution in [3.8, 4) is 0 Å². The molecule has 0 saturated carbocycles. The Kier molecular flexibility index (Phi) is 8.47. The first-order valence-electron chi connectivity index (χ1n) is 10.6. The van der Waals surface area contributed by atoms with Crippen molar-refractivity contribution in [3.05, 3.63) is 63.0 Å². The number of carbonyl (C=O) groups is 3. The van der Waals surface area contributed by atoms with Gasteiger partial charge in [0.25, 0.3) is 5.69 Å². The van der Waals surface area contributed by atoms with E-state index in [0.717, 1.165) is 0 Å². The Morgan fingerprint density at radius 3 is 2.27 bits per heavy atom. The third-order valence-corrected chi connectivity index (χ3v) is 5.38. The summed E-state index contributed by atoms with van der Waals surface area (Å²) in [7, 11) is 1.68. The van der Waals surface area contributed by atoms with Gasteiger partial charge in [-0.2, -0.15) is 0 Å². The molecule has 1 aromatic carbocycles. The highest BCUT2D eigenvalue weighted by molar-refractivity contribution is 5.98. The van der Waals surface area contributed by atoms with Gasteiger partial charge in [-0.25, -0.2) is 14.1 Å². The van der Waals surface area contributed by atoms with Crippen LogP contribution in [0.25, 0.3) is 0 Å². The van der Waals surface area contributed by atoms with Crippen molar-refractivity contribution in [1.29, 1.82) is 0 Å². The normalized spacial score (nSPS) is 20.0. The first kappa shape index (κ1) is 25.7. The van der Waals surface area contributed by atoms with Gasteiger partial charge in [0.15, 0.2) is 0 Å². The van der Waals surface area contributed by atoms with Crippen LogP contribution in [0, 0.1) is 10.1 Å². The third kappa shape index (κ3) is 5.64. The molecule has 1 aromatic rings. The fraction of sp³-hybridized carbons (Fsp3) is 0.435. The maximum Gasteiger partial charge on any atom is 0.340 e. The lowest BCUT2D eigenvalue weighted by Crippen LogP contribution is -2.45. The Morgan fingerprint density at radius 2 is 1.70 bits per heavy atom. The second-order valence-electron chi connectivity index (χ2n) is 7.58. The summed E-state index contributed by atoms with van der Waals surface area (Å²) in [6.45, 7) is 6.64. The molecule has 2 rings (SSSR count). The molecule has 0 saturated heterocycles. The molecule has 0 fully saturated rings. The van der Waals surface area contributed by atoms with Crippen LogP contribution < -0.4 is 0 Å². The van der Waals surface area contributed by atoms with Gasteiger partial charge < -0.3 is 14.2 Å². The van der Waals surface area contributed by atoms with Crippen molar-refractivity contribution in [3.63, 3.8) is 0 Å². The maximum absolute atomic E-state index is 13.1. The van der Waals surface area contributed by atoms with Gasteiger partial charge >= 0.3 is 17.9 Å². The summed E-state index contributed by atoms with van der Waals surface area (Å²) in [5.41, 5.74) is 0.889. The van der Waals surface area contributed by atoms with E-state index in [9.17, 15) is 24.5 Å². The van der Waals surface area contributed by atoms with E-state index in [0.29, 0.717) is 11.3 Å². The topological polar surface area (TPSA) is 122 Å². The number of hydrogen-bond donors (Lipinski definition) is 0. The standard InChI is InChI=1S/C23H29N2O8/c1-6-19(26)33-14-25(5)13-18(22(27)31-7-2)21(20(15(25)4)23(28)32-8-3)16-10-9-11-17(12-16)24(29)30/h9-13,21H,6-8,14H2,1-5H3/q+1. The van der Waals surface area contributed by atoms with E-state index in [-0.39, 0.29) is 47.7 Å². The van der Waals surface area contributed by atoms with Crippen LogP contribution in [0.4, 0.5) is 5.69 Å². The van der Waals surface area contributed by atoms with E-state index in [4.69, 9.17) is 14.2 Å². The number of esters is 3. The smallest absolute Gasteiger partial charge is 0.340 e. The van der Waals surface area contributed by atoms with Gasteiger partial charge in [-0.1, -0.05) is 19.1 Å². The molecule has 1 heterocycles. The van der Waals surface area contributed by atoms with Gasteiger partial charge in [-0.15, -0.1) is 0 Å². The molecule has 1 aliphatic heterocycles. The van der Waals surface area contributed by atoms with Crippen LogP contribution in [0.1, 0.15) is 45.6 Å². The molecule has 2 atom stereocenters. The highest BCUT2D eigenvalue weighted by Gasteiger charge is 2.45. The zero-order chi connectivity index (χ0) is 24.8. The summed E-state index contributed by atoms with van der Waals surface area (Å²) < 4.78 is 15.7. The maximum atomic E-state index is 13.1. The molecule has 0 aliphatic carbocycles. The Bertz CT molecular complexity index is 1010. The molecular weight excluding hydrogens is 432 g/mol. The summed E-state index contributed by atoms with van der Waals surface area (Å²) in [6, 6.07) is 5.73. The Hall–Kier alpha value is -3.53. The zero-order valence-electron chi connectivity index (χ0n) is 19.5. The second kappa shape index (κ2) is 10.9. The van der Waals surface area contributed by atoms with Gasteiger partial charge in [0.1, 0.15) is 23.0 Å². The van der Waals surface area contributed by atoms with Gasteiger partial charge in [0, 0.05) is 25.5 Å². The molecule has 10 nitrogen and oxygen atoms in total. The van der Waals surface area contributed by atoms with Crippen LogP contribution in [0.15, 0.2) is 47.3 Å². The third-order valence-electron chi connectivity index (χ3n) is 5.38. The van der Waals surface area contributed by atoms with Crippen molar-refractivity contribution in [2.24, 2.45) is 0 Å². The predicted octanol–water partition coefficient (Wildman–Crippen LogP) is 3.33. The van der Waals surface area contributed by atoms with Crippen LogP contribution in [-0.4, -0.2) is 54.3 Å². The number of non-ortho nitro benzene ring substituents is 1. The van der Waals surface area contributed by atoms with E-state index in [1.165, 1.54) is 18.2 Å². The Balaban J connectivity index is 2.76. The van der Waals surface area contributed by atoms with Crippen molar-refractivity contribution < 1.29 is 38.0 Å². The molecule has 0 amide bonds. The number of quaternary nitrogens is 1. The fourth-order valence-corrected chi connectivity index (χ4v) is 3.58. The Morgan fingerprint density at radius 1 is 1.06 bits per heavy atom. The summed E-state index contributed by atoms with van der Waals surface area (Å²) in [5, 5.41) is 11.4. The first-order chi connectivity index (χ1) is 15.6. The number of ether oxygens (including phenoxy) is 3. The molecule has 0 spiro atoms. The van der Waals surface area contributed by atoms with E-state index < -0.39 is 28.7 Å². The lowest BCUT2D eigenvalue weighted by atomic mass is 9.81. The summed E-state index contributed by atoms with van der Waals surface area (Å²) >= 11 is 0. The monoisotopic (exact) mass is 461 g/mol. The number of rotatable bonds is 9. The Labute approximate surface area is 192 Å². The SMILES string of the molecule is CCOC(=O)C1=C[N+](C)(COC(=O)CC)C(C)=C(C(=O)OCC)C1c1cccc([N+](=O)[O-])c1. The van der Waals surface area contributed by atoms with Gasteiger partial charge in [0.05, 0.1) is 31.1 Å². The number of hydrogen-bond acceptors (Lipinski definition) is 8. The number of allylic oxidation sites excluding steroid dienone is 1. The van der Waals surface area contributed by atoms with Crippen LogP contribution in [-0.2, 0) is 28.6 Å². The van der Waals surface area contributed by atoms with Gasteiger partial charge in [0.2, 0.25) is 6.73 Å². The molecule has 0 N–H and O–H groups in total. The highest BCUT2D eigenvalue weighted by Crippen LogP contribution is 2.43. The molecule has 0 aromatic heterocycles. The number of nitro benzene ring substituents is 1. The number of benzene rings is 1. The number of carbonyl (C=O) groups excluding carboxylic acids is 3. The summed E-state index contributed by atoms with van der Waals surface area (Å²) in [5.74, 6) is -2.76. The van der Waals surface area contributed by atoms with Gasteiger partial charge in [-0.05, 0) is 19.4 Å². The lowest BCUT2D eigenvalue weighted by Gasteiger charge is -2.37. The zero-order valence-corrected chi connectivity index (χ0v) is 19.5. The van der Waals surface area contributed by atoms with Crippen LogP contribution >= 0.6 is 0 Å². The molecule has 0 radical (unpaired) electrons. The molecule has 2 unspecified atom stereocenters. The van der Waals surface area contributed by atoms with Gasteiger partial charge in [-0.3, -0.25) is 14.9 Å². The molecule has 1 aliphatic rings. The van der Waals surface area contributed by atoms with E-state index >= 15 is 0 Å². The number of nitrogens with zero attached hydrogens (tertiary/aromatic N) is 2. The molecular formula is C23H29N2O8+. The highest BCUT2D eigenvalue weighted by atomic mass is 16.6. The minimum absolute atomic E-state index is 0.0871. The number of nitro groups is 1. The van der Waals surface area contributed by atoms with E-state index in [1.807, 2.05) is 0 Å². The quantitative estimate of drug-likeness (QED) is 0.180. The summed E-state index contributed by atoms with van der Waals surface area (Å²) in [4.78, 5) is 48.7. The van der Waals surface area contributed by atoms with E-state index in [1.54, 1.807) is 47.0 Å². The van der Waals surface area contributed by atoms with E-state index in [2.05, 4.69) is 0 Å².